The fourth-order valence-electron chi connectivity index (χ4n) is 2.56. The van der Waals surface area contributed by atoms with E-state index in [4.69, 9.17) is 4.74 Å². The molecule has 2 rings (SSSR count). The summed E-state index contributed by atoms with van der Waals surface area (Å²) in [5.74, 6) is 0.316. The normalized spacial score (nSPS) is 11.2. The number of aryl methyl sites for hydroxylation is 2. The van der Waals surface area contributed by atoms with E-state index < -0.39 is 10.0 Å². The molecule has 26 heavy (non-hydrogen) atoms. The van der Waals surface area contributed by atoms with Crippen molar-refractivity contribution in [1.29, 1.82) is 0 Å². The molecule has 0 aliphatic rings. The van der Waals surface area contributed by atoms with E-state index >= 15 is 0 Å². The summed E-state index contributed by atoms with van der Waals surface area (Å²) < 4.78 is 31.5. The van der Waals surface area contributed by atoms with Gasteiger partial charge in [-0.25, -0.2) is 13.1 Å². The van der Waals surface area contributed by atoms with Crippen molar-refractivity contribution in [3.63, 3.8) is 0 Å². The maximum absolute atomic E-state index is 12.1. The second-order valence-electron chi connectivity index (χ2n) is 6.02. The molecule has 0 saturated carbocycles. The van der Waals surface area contributed by atoms with Crippen LogP contribution in [0.4, 0.5) is 0 Å². The van der Waals surface area contributed by atoms with Crippen molar-refractivity contribution in [1.82, 2.24) is 10.0 Å². The van der Waals surface area contributed by atoms with Gasteiger partial charge in [0.25, 0.3) is 5.91 Å². The summed E-state index contributed by atoms with van der Waals surface area (Å²) in [4.78, 5) is 12.1. The third kappa shape index (κ3) is 5.57. The smallest absolute Gasteiger partial charge is 0.258 e. The van der Waals surface area contributed by atoms with Gasteiger partial charge in [-0.3, -0.25) is 4.79 Å². The lowest BCUT2D eigenvalue weighted by atomic mass is 10.1. The van der Waals surface area contributed by atoms with Crippen molar-refractivity contribution in [3.05, 3.63) is 64.7 Å². The maximum Gasteiger partial charge on any atom is 0.258 e. The number of ether oxygens (including phenoxy) is 1. The Morgan fingerprint density at radius 2 is 1.62 bits per heavy atom. The van der Waals surface area contributed by atoms with Gasteiger partial charge < -0.3 is 10.1 Å². The van der Waals surface area contributed by atoms with Gasteiger partial charge in [0, 0.05) is 6.54 Å². The largest absolute Gasteiger partial charge is 0.483 e. The number of sulfonamides is 1. The van der Waals surface area contributed by atoms with E-state index in [2.05, 4.69) is 10.0 Å². The fourth-order valence-corrected chi connectivity index (χ4v) is 3.39. The van der Waals surface area contributed by atoms with E-state index in [9.17, 15) is 13.2 Å². The van der Waals surface area contributed by atoms with Crippen molar-refractivity contribution in [2.24, 2.45) is 0 Å². The Bertz CT molecular complexity index is 859. The van der Waals surface area contributed by atoms with Gasteiger partial charge in [0.1, 0.15) is 5.75 Å². The van der Waals surface area contributed by atoms with Crippen LogP contribution in [0.2, 0.25) is 0 Å². The van der Waals surface area contributed by atoms with Crippen LogP contribution in [0, 0.1) is 13.8 Å². The van der Waals surface area contributed by atoms with Crippen molar-refractivity contribution >= 4 is 15.9 Å². The minimum Gasteiger partial charge on any atom is -0.483 e. The Balaban J connectivity index is 1.96. The lowest BCUT2D eigenvalue weighted by Gasteiger charge is -2.13. The number of carbonyl (C=O) groups excluding carboxylic acids is 1. The van der Waals surface area contributed by atoms with E-state index in [-0.39, 0.29) is 24.8 Å². The van der Waals surface area contributed by atoms with Crippen LogP contribution < -0.4 is 14.8 Å². The summed E-state index contributed by atoms with van der Waals surface area (Å²) in [6.45, 7) is 4.00. The fraction of sp³-hybridized carbons (Fsp3) is 0.316. The third-order valence-electron chi connectivity index (χ3n) is 4.01. The molecule has 0 saturated heterocycles. The van der Waals surface area contributed by atoms with Crippen LogP contribution in [-0.2, 0) is 27.1 Å². The second kappa shape index (κ2) is 8.82. The molecular weight excluding hydrogens is 352 g/mol. The molecule has 0 aliphatic heterocycles. The molecule has 140 valence electrons. The number of amides is 1. The van der Waals surface area contributed by atoms with Crippen LogP contribution in [0.25, 0.3) is 0 Å². The molecule has 2 aromatic rings. The molecule has 6 nitrogen and oxygen atoms in total. The average Bonchev–Trinajstić information content (AvgIpc) is 2.60. The van der Waals surface area contributed by atoms with Gasteiger partial charge in [-0.2, -0.15) is 0 Å². The first-order valence-corrected chi connectivity index (χ1v) is 9.91. The van der Waals surface area contributed by atoms with Gasteiger partial charge in [0.15, 0.2) is 6.61 Å². The summed E-state index contributed by atoms with van der Waals surface area (Å²) in [5.41, 5.74) is 3.35. The minimum atomic E-state index is -3.38. The van der Waals surface area contributed by atoms with E-state index in [1.807, 2.05) is 38.1 Å². The monoisotopic (exact) mass is 376 g/mol. The molecule has 1 amide bonds. The van der Waals surface area contributed by atoms with Gasteiger partial charge in [-0.1, -0.05) is 42.5 Å². The minimum absolute atomic E-state index is 0.0946. The molecular formula is C19H24N2O4S. The highest BCUT2D eigenvalue weighted by Gasteiger charge is 2.13. The van der Waals surface area contributed by atoms with Crippen LogP contribution >= 0.6 is 0 Å². The summed E-state index contributed by atoms with van der Waals surface area (Å²) in [7, 11) is -2.00. The molecule has 2 N–H and O–H groups in total. The molecule has 2 aromatic carbocycles. The molecule has 0 heterocycles. The Kier molecular flexibility index (Phi) is 6.76. The van der Waals surface area contributed by atoms with Crippen LogP contribution in [0.15, 0.2) is 42.5 Å². The van der Waals surface area contributed by atoms with Gasteiger partial charge >= 0.3 is 0 Å². The molecule has 0 atom stereocenters. The van der Waals surface area contributed by atoms with Crippen molar-refractivity contribution < 1.29 is 17.9 Å². The third-order valence-corrected chi connectivity index (χ3v) is 5.32. The van der Waals surface area contributed by atoms with Crippen molar-refractivity contribution in [2.45, 2.75) is 26.1 Å². The van der Waals surface area contributed by atoms with Crippen LogP contribution in [-0.4, -0.2) is 28.0 Å². The van der Waals surface area contributed by atoms with Crippen molar-refractivity contribution in [2.75, 3.05) is 13.7 Å². The molecule has 7 heteroatoms. The topological polar surface area (TPSA) is 84.5 Å². The standard InChI is InChI=1S/C19H24N2O4S/c1-14-7-6-8-15(2)19(14)25-12-18(22)21-11-16-9-4-5-10-17(16)13-26(23,24)20-3/h4-10,20H,11-13H2,1-3H3,(H,21,22). The number of hydrogen-bond donors (Lipinski definition) is 2. The molecule has 0 fully saturated rings. The van der Waals surface area contributed by atoms with Crippen LogP contribution in [0.5, 0.6) is 5.75 Å². The number of benzene rings is 2. The predicted molar refractivity (Wildman–Crippen MR) is 101 cm³/mol. The van der Waals surface area contributed by atoms with Gasteiger partial charge in [0.2, 0.25) is 10.0 Å². The SMILES string of the molecule is CNS(=O)(=O)Cc1ccccc1CNC(=O)COc1c(C)cccc1C. The molecule has 0 radical (unpaired) electrons. The number of rotatable bonds is 8. The summed E-state index contributed by atoms with van der Waals surface area (Å²) in [6.07, 6.45) is 0. The number of hydrogen-bond acceptors (Lipinski definition) is 4. The van der Waals surface area contributed by atoms with E-state index in [1.54, 1.807) is 18.2 Å². The quantitative estimate of drug-likeness (QED) is 0.738. The molecule has 0 unspecified atom stereocenters. The molecule has 0 aliphatic carbocycles. The summed E-state index contributed by atoms with van der Waals surface area (Å²) >= 11 is 0. The predicted octanol–water partition coefficient (Wildman–Crippen LogP) is 2.05. The highest BCUT2D eigenvalue weighted by atomic mass is 32.2. The Morgan fingerprint density at radius 3 is 2.23 bits per heavy atom. The second-order valence-corrected chi connectivity index (χ2v) is 7.94. The van der Waals surface area contributed by atoms with Gasteiger partial charge in [-0.05, 0) is 43.1 Å². The number of nitrogens with one attached hydrogen (secondary N) is 2. The summed E-state index contributed by atoms with van der Waals surface area (Å²) in [5, 5.41) is 2.77. The highest BCUT2D eigenvalue weighted by molar-refractivity contribution is 7.88. The van der Waals surface area contributed by atoms with Gasteiger partial charge in [-0.15, -0.1) is 0 Å². The van der Waals surface area contributed by atoms with E-state index in [0.29, 0.717) is 11.3 Å². The van der Waals surface area contributed by atoms with Gasteiger partial charge in [0.05, 0.1) is 5.75 Å². The van der Waals surface area contributed by atoms with E-state index in [0.717, 1.165) is 16.7 Å². The lowest BCUT2D eigenvalue weighted by Crippen LogP contribution is -2.29. The summed E-state index contributed by atoms with van der Waals surface area (Å²) in [6, 6.07) is 12.9. The Labute approximate surface area is 154 Å². The number of para-hydroxylation sites is 1. The molecule has 0 spiro atoms. The number of carbonyl (C=O) groups is 1. The van der Waals surface area contributed by atoms with E-state index in [1.165, 1.54) is 7.05 Å². The first-order chi connectivity index (χ1) is 12.3. The van der Waals surface area contributed by atoms with Crippen LogP contribution in [0.1, 0.15) is 22.3 Å². The molecule has 0 aromatic heterocycles. The Hall–Kier alpha value is -2.38. The zero-order valence-electron chi connectivity index (χ0n) is 15.2. The maximum atomic E-state index is 12.1. The first-order valence-electron chi connectivity index (χ1n) is 8.26. The zero-order valence-corrected chi connectivity index (χ0v) is 16.0. The molecule has 0 bridgehead atoms. The zero-order chi connectivity index (χ0) is 19.2. The first kappa shape index (κ1) is 19.9. The lowest BCUT2D eigenvalue weighted by molar-refractivity contribution is -0.123. The highest BCUT2D eigenvalue weighted by Crippen LogP contribution is 2.22. The van der Waals surface area contributed by atoms with Crippen LogP contribution in [0.3, 0.4) is 0 Å². The Morgan fingerprint density at radius 1 is 1.00 bits per heavy atom. The van der Waals surface area contributed by atoms with Crippen molar-refractivity contribution in [3.8, 4) is 5.75 Å². The average molecular weight is 376 g/mol.